The monoisotopic (exact) mass is 293 g/mol. The molecule has 4 rings (SSSR count). The van der Waals surface area contributed by atoms with Crippen LogP contribution in [0.4, 0.5) is 0 Å². The highest BCUT2D eigenvalue weighted by molar-refractivity contribution is 5.88. The third-order valence-electron chi connectivity index (χ3n) is 6.12. The minimum Gasteiger partial charge on any atom is -0.480 e. The van der Waals surface area contributed by atoms with Gasteiger partial charge in [0.05, 0.1) is 5.41 Å². The second kappa shape index (κ2) is 4.47. The Labute approximate surface area is 126 Å². The van der Waals surface area contributed by atoms with E-state index in [-0.39, 0.29) is 22.2 Å². The van der Waals surface area contributed by atoms with E-state index in [1.165, 1.54) is 19.3 Å². The van der Waals surface area contributed by atoms with Crippen LogP contribution < -0.4 is 5.32 Å². The van der Waals surface area contributed by atoms with Crippen LogP contribution >= 0.6 is 0 Å². The van der Waals surface area contributed by atoms with E-state index in [0.29, 0.717) is 12.3 Å². The molecule has 0 aromatic rings. The molecule has 3 atom stereocenters. The minimum atomic E-state index is -0.923. The summed E-state index contributed by atoms with van der Waals surface area (Å²) in [6, 6.07) is -0.744. The van der Waals surface area contributed by atoms with Crippen molar-refractivity contribution in [2.24, 2.45) is 22.2 Å². The van der Waals surface area contributed by atoms with Crippen molar-refractivity contribution < 1.29 is 14.7 Å². The molecule has 0 spiro atoms. The largest absolute Gasteiger partial charge is 0.480 e. The lowest BCUT2D eigenvalue weighted by Crippen LogP contribution is -2.61. The van der Waals surface area contributed by atoms with Crippen molar-refractivity contribution in [3.8, 4) is 0 Å². The lowest BCUT2D eigenvalue weighted by atomic mass is 9.40. The normalized spacial score (nSPS) is 45.4. The number of hydrogen-bond donors (Lipinski definition) is 2. The van der Waals surface area contributed by atoms with Gasteiger partial charge in [-0.15, -0.1) is 0 Å². The zero-order valence-electron chi connectivity index (χ0n) is 13.4. The molecule has 118 valence electrons. The zero-order chi connectivity index (χ0) is 15.5. The Bertz CT molecular complexity index is 468. The van der Waals surface area contributed by atoms with Crippen LogP contribution in [-0.4, -0.2) is 23.0 Å². The first-order valence-electron chi connectivity index (χ1n) is 8.23. The van der Waals surface area contributed by atoms with Crippen LogP contribution in [0.5, 0.6) is 0 Å². The van der Waals surface area contributed by atoms with Crippen LogP contribution in [0.3, 0.4) is 0 Å². The van der Waals surface area contributed by atoms with Crippen molar-refractivity contribution in [2.45, 2.75) is 71.8 Å². The highest BCUT2D eigenvalue weighted by Crippen LogP contribution is 2.69. The van der Waals surface area contributed by atoms with Crippen LogP contribution in [-0.2, 0) is 9.59 Å². The van der Waals surface area contributed by atoms with Gasteiger partial charge in [-0.25, -0.2) is 4.79 Å². The Morgan fingerprint density at radius 2 is 1.71 bits per heavy atom. The average molecular weight is 293 g/mol. The van der Waals surface area contributed by atoms with Crippen LogP contribution in [0.15, 0.2) is 0 Å². The molecule has 4 heteroatoms. The van der Waals surface area contributed by atoms with E-state index in [4.69, 9.17) is 0 Å². The summed E-state index contributed by atoms with van der Waals surface area (Å²) in [4.78, 5) is 24.1. The molecule has 0 radical (unpaired) electrons. The summed E-state index contributed by atoms with van der Waals surface area (Å²) in [5.74, 6) is -0.279. The van der Waals surface area contributed by atoms with Crippen LogP contribution in [0.1, 0.15) is 65.7 Å². The van der Waals surface area contributed by atoms with Gasteiger partial charge in [0.25, 0.3) is 0 Å². The van der Waals surface area contributed by atoms with Crippen molar-refractivity contribution >= 4 is 11.9 Å². The number of carboxylic acid groups (broad SMARTS) is 1. The number of carbonyl (C=O) groups excluding carboxylic acids is 1. The van der Waals surface area contributed by atoms with Crippen LogP contribution in [0, 0.1) is 22.2 Å². The maximum Gasteiger partial charge on any atom is 0.326 e. The fourth-order valence-electron chi connectivity index (χ4n) is 6.35. The highest BCUT2D eigenvalue weighted by atomic mass is 16.4. The first-order valence-corrected chi connectivity index (χ1v) is 8.23. The predicted octanol–water partition coefficient (Wildman–Crippen LogP) is 2.96. The molecule has 4 nitrogen and oxygen atoms in total. The number of aliphatic carboxylic acids is 1. The smallest absolute Gasteiger partial charge is 0.326 e. The van der Waals surface area contributed by atoms with E-state index in [9.17, 15) is 14.7 Å². The van der Waals surface area contributed by atoms with Gasteiger partial charge in [-0.05, 0) is 61.7 Å². The van der Waals surface area contributed by atoms with Crippen molar-refractivity contribution in [2.75, 3.05) is 0 Å². The summed E-state index contributed by atoms with van der Waals surface area (Å²) in [5.41, 5.74) is 0.235. The lowest BCUT2D eigenvalue weighted by Gasteiger charge is -2.64. The van der Waals surface area contributed by atoms with Gasteiger partial charge < -0.3 is 10.4 Å². The molecule has 0 heterocycles. The predicted molar refractivity (Wildman–Crippen MR) is 79.7 cm³/mol. The van der Waals surface area contributed by atoms with Gasteiger partial charge in [0.2, 0.25) is 5.91 Å². The Balaban J connectivity index is 1.84. The summed E-state index contributed by atoms with van der Waals surface area (Å²) in [7, 11) is 0. The Morgan fingerprint density at radius 1 is 1.14 bits per heavy atom. The first-order chi connectivity index (χ1) is 9.69. The zero-order valence-corrected chi connectivity index (χ0v) is 13.4. The molecule has 1 amide bonds. The molecule has 2 unspecified atom stereocenters. The van der Waals surface area contributed by atoms with E-state index in [1.54, 1.807) is 6.92 Å². The minimum absolute atomic E-state index is 0.00157. The van der Waals surface area contributed by atoms with Gasteiger partial charge in [-0.3, -0.25) is 4.79 Å². The maximum atomic E-state index is 12.9. The van der Waals surface area contributed by atoms with Crippen LogP contribution in [0.25, 0.3) is 0 Å². The molecule has 21 heavy (non-hydrogen) atoms. The number of nitrogens with one attached hydrogen (secondary N) is 1. The topological polar surface area (TPSA) is 66.4 Å². The number of rotatable bonds is 4. The molecule has 4 saturated carbocycles. The van der Waals surface area contributed by atoms with E-state index < -0.39 is 12.0 Å². The Kier molecular flexibility index (Phi) is 3.16. The highest BCUT2D eigenvalue weighted by Gasteiger charge is 2.62. The molecule has 0 aromatic heterocycles. The van der Waals surface area contributed by atoms with Crippen molar-refractivity contribution in [1.82, 2.24) is 5.32 Å². The number of amides is 1. The molecule has 2 N–H and O–H groups in total. The fraction of sp³-hybridized carbons (Fsp3) is 0.882. The first kappa shape index (κ1) is 14.9. The Hall–Kier alpha value is -1.06. The molecule has 4 fully saturated rings. The summed E-state index contributed by atoms with van der Waals surface area (Å²) in [6.45, 7) is 6.46. The molecular weight excluding hydrogens is 266 g/mol. The molecule has 4 aliphatic rings. The average Bonchev–Trinajstić information content (AvgIpc) is 2.30. The van der Waals surface area contributed by atoms with Gasteiger partial charge in [-0.1, -0.05) is 20.8 Å². The molecule has 0 aliphatic heterocycles. The second-order valence-electron chi connectivity index (χ2n) is 8.68. The summed E-state index contributed by atoms with van der Waals surface area (Å²) < 4.78 is 0. The lowest BCUT2D eigenvalue weighted by molar-refractivity contribution is -0.171. The van der Waals surface area contributed by atoms with Gasteiger partial charge in [0, 0.05) is 0 Å². The van der Waals surface area contributed by atoms with Gasteiger partial charge in [-0.2, -0.15) is 0 Å². The molecule has 0 saturated heterocycles. The van der Waals surface area contributed by atoms with Crippen LogP contribution in [0.2, 0.25) is 0 Å². The summed E-state index contributed by atoms with van der Waals surface area (Å²) >= 11 is 0. The maximum absolute atomic E-state index is 12.9. The van der Waals surface area contributed by atoms with Gasteiger partial charge in [0.1, 0.15) is 6.04 Å². The van der Waals surface area contributed by atoms with E-state index >= 15 is 0 Å². The molecule has 4 aliphatic carbocycles. The third kappa shape index (κ3) is 2.36. The van der Waals surface area contributed by atoms with Crippen molar-refractivity contribution in [3.63, 3.8) is 0 Å². The van der Waals surface area contributed by atoms with E-state index in [0.717, 1.165) is 19.3 Å². The number of carbonyl (C=O) groups is 2. The van der Waals surface area contributed by atoms with E-state index in [2.05, 4.69) is 19.2 Å². The quantitative estimate of drug-likeness (QED) is 0.837. The molecular formula is C17H27NO3. The fourth-order valence-corrected chi connectivity index (χ4v) is 6.35. The summed E-state index contributed by atoms with van der Waals surface area (Å²) in [6.07, 6.45) is 6.99. The molecule has 0 aromatic carbocycles. The number of carboxylic acids is 1. The third-order valence-corrected chi connectivity index (χ3v) is 6.12. The van der Waals surface area contributed by atoms with Gasteiger partial charge >= 0.3 is 5.97 Å². The molecule has 4 bridgehead atoms. The Morgan fingerprint density at radius 3 is 2.14 bits per heavy atom. The van der Waals surface area contributed by atoms with E-state index in [1.807, 2.05) is 0 Å². The standard InChI is InChI=1S/C17H27NO3/c1-4-12(13(19)20)18-14(21)17-7-11-5-15(2,9-17)8-16(3,6-11)10-17/h11-12H,4-10H2,1-3H3,(H,18,21)(H,19,20)/t11?,12-,15?,16?,17?/m0/s1. The SMILES string of the molecule is CC[C@H](NC(=O)C12CC3CC(C)(CC(C)(C3)C1)C2)C(=O)O. The van der Waals surface area contributed by atoms with Crippen molar-refractivity contribution in [3.05, 3.63) is 0 Å². The second-order valence-corrected chi connectivity index (χ2v) is 8.68. The summed E-state index contributed by atoms with van der Waals surface area (Å²) in [5, 5.41) is 12.0. The van der Waals surface area contributed by atoms with Crippen molar-refractivity contribution in [1.29, 1.82) is 0 Å². The number of hydrogen-bond acceptors (Lipinski definition) is 2. The van der Waals surface area contributed by atoms with Gasteiger partial charge in [0.15, 0.2) is 0 Å².